The van der Waals surface area contributed by atoms with E-state index in [1.54, 1.807) is 0 Å². The minimum Gasteiger partial charge on any atom is -0.469 e. The van der Waals surface area contributed by atoms with Gasteiger partial charge in [0, 0.05) is 12.0 Å². The molecule has 98 valence electrons. The van der Waals surface area contributed by atoms with Crippen molar-refractivity contribution in [2.45, 2.75) is 57.6 Å². The zero-order valence-electron chi connectivity index (χ0n) is 11.0. The van der Waals surface area contributed by atoms with E-state index >= 15 is 0 Å². The van der Waals surface area contributed by atoms with Gasteiger partial charge in [0.05, 0.1) is 7.11 Å². The van der Waals surface area contributed by atoms with Crippen molar-refractivity contribution in [2.24, 2.45) is 0 Å². The summed E-state index contributed by atoms with van der Waals surface area (Å²) in [5.41, 5.74) is -0.751. The number of esters is 1. The molecule has 0 aromatic rings. The van der Waals surface area contributed by atoms with Crippen LogP contribution in [0.15, 0.2) is 0 Å². The van der Waals surface area contributed by atoms with E-state index < -0.39 is 11.7 Å². The largest absolute Gasteiger partial charge is 0.469 e. The molecule has 0 aromatic carbocycles. The fraction of sp³-hybridized carbons (Fsp3) is 0.833. The SMILES string of the molecule is COC(=O)CCC1(NC(=O)OC(C)(C)C)CC1. The van der Waals surface area contributed by atoms with Crippen LogP contribution in [-0.2, 0) is 14.3 Å². The lowest BCUT2D eigenvalue weighted by molar-refractivity contribution is -0.140. The predicted octanol–water partition coefficient (Wildman–Crippen LogP) is 2.00. The lowest BCUT2D eigenvalue weighted by atomic mass is 10.1. The van der Waals surface area contributed by atoms with Gasteiger partial charge in [-0.3, -0.25) is 4.79 Å². The maximum Gasteiger partial charge on any atom is 0.408 e. The Balaban J connectivity index is 2.35. The maximum atomic E-state index is 11.6. The third kappa shape index (κ3) is 5.06. The van der Waals surface area contributed by atoms with Crippen molar-refractivity contribution in [2.75, 3.05) is 7.11 Å². The fourth-order valence-electron chi connectivity index (χ4n) is 1.55. The van der Waals surface area contributed by atoms with Crippen LogP contribution in [0.4, 0.5) is 4.79 Å². The second-order valence-electron chi connectivity index (χ2n) is 5.48. The van der Waals surface area contributed by atoms with Gasteiger partial charge >= 0.3 is 12.1 Å². The molecule has 1 fully saturated rings. The van der Waals surface area contributed by atoms with Crippen molar-refractivity contribution in [3.63, 3.8) is 0 Å². The quantitative estimate of drug-likeness (QED) is 0.767. The standard InChI is InChI=1S/C12H21NO4/c1-11(2,3)17-10(15)13-12(7-8-12)6-5-9(14)16-4/h5-8H2,1-4H3,(H,13,15). The Bertz CT molecular complexity index is 302. The molecule has 5 heteroatoms. The van der Waals surface area contributed by atoms with Crippen LogP contribution in [0.5, 0.6) is 0 Å². The molecule has 0 saturated heterocycles. The average molecular weight is 243 g/mol. The van der Waals surface area contributed by atoms with Crippen molar-refractivity contribution in [1.29, 1.82) is 0 Å². The normalized spacial score (nSPS) is 17.2. The molecule has 0 aliphatic heterocycles. The van der Waals surface area contributed by atoms with E-state index in [2.05, 4.69) is 10.1 Å². The van der Waals surface area contributed by atoms with E-state index in [0.29, 0.717) is 12.8 Å². The molecule has 1 N–H and O–H groups in total. The van der Waals surface area contributed by atoms with Crippen LogP contribution < -0.4 is 5.32 Å². The van der Waals surface area contributed by atoms with Gasteiger partial charge < -0.3 is 14.8 Å². The van der Waals surface area contributed by atoms with Gasteiger partial charge in [-0.25, -0.2) is 4.79 Å². The Morgan fingerprint density at radius 3 is 2.29 bits per heavy atom. The van der Waals surface area contributed by atoms with Gasteiger partial charge in [0.2, 0.25) is 0 Å². The van der Waals surface area contributed by atoms with E-state index in [0.717, 1.165) is 12.8 Å². The summed E-state index contributed by atoms with van der Waals surface area (Å²) in [6.45, 7) is 5.46. The first-order chi connectivity index (χ1) is 7.76. The summed E-state index contributed by atoms with van der Waals surface area (Å²) >= 11 is 0. The number of alkyl carbamates (subject to hydrolysis) is 1. The molecule has 0 spiro atoms. The molecule has 1 aliphatic rings. The van der Waals surface area contributed by atoms with E-state index in [9.17, 15) is 9.59 Å². The summed E-state index contributed by atoms with van der Waals surface area (Å²) in [5, 5.41) is 2.83. The molecule has 0 unspecified atom stereocenters. The Hall–Kier alpha value is -1.26. The molecular formula is C12H21NO4. The van der Waals surface area contributed by atoms with Crippen LogP contribution in [0.25, 0.3) is 0 Å². The van der Waals surface area contributed by atoms with Crippen LogP contribution in [0.3, 0.4) is 0 Å². The third-order valence-corrected chi connectivity index (χ3v) is 2.66. The van der Waals surface area contributed by atoms with E-state index in [4.69, 9.17) is 4.74 Å². The highest BCUT2D eigenvalue weighted by Gasteiger charge is 2.44. The number of rotatable bonds is 4. The Morgan fingerprint density at radius 1 is 1.29 bits per heavy atom. The first-order valence-corrected chi connectivity index (χ1v) is 5.84. The molecular weight excluding hydrogens is 222 g/mol. The number of amides is 1. The summed E-state index contributed by atoms with van der Waals surface area (Å²) in [6.07, 6.45) is 2.30. The molecule has 17 heavy (non-hydrogen) atoms. The second kappa shape index (κ2) is 4.94. The number of methoxy groups -OCH3 is 1. The van der Waals surface area contributed by atoms with E-state index in [1.807, 2.05) is 20.8 Å². The number of carbonyl (C=O) groups is 2. The second-order valence-corrected chi connectivity index (χ2v) is 5.48. The van der Waals surface area contributed by atoms with Gasteiger partial charge in [0.15, 0.2) is 0 Å². The molecule has 1 rings (SSSR count). The molecule has 5 nitrogen and oxygen atoms in total. The van der Waals surface area contributed by atoms with Crippen molar-refractivity contribution in [3.8, 4) is 0 Å². The Morgan fingerprint density at radius 2 is 1.88 bits per heavy atom. The molecule has 0 bridgehead atoms. The molecule has 0 heterocycles. The first kappa shape index (κ1) is 13.8. The number of ether oxygens (including phenoxy) is 2. The highest BCUT2D eigenvalue weighted by molar-refractivity contribution is 5.71. The zero-order valence-corrected chi connectivity index (χ0v) is 11.0. The summed E-state index contributed by atoms with van der Waals surface area (Å²) in [7, 11) is 1.36. The molecule has 1 aliphatic carbocycles. The summed E-state index contributed by atoms with van der Waals surface area (Å²) < 4.78 is 9.76. The smallest absolute Gasteiger partial charge is 0.408 e. The molecule has 0 aromatic heterocycles. The van der Waals surface area contributed by atoms with Gasteiger partial charge in [-0.15, -0.1) is 0 Å². The molecule has 0 atom stereocenters. The number of hydrogen-bond donors (Lipinski definition) is 1. The van der Waals surface area contributed by atoms with Gasteiger partial charge in [-0.1, -0.05) is 0 Å². The van der Waals surface area contributed by atoms with Crippen LogP contribution in [0.2, 0.25) is 0 Å². The van der Waals surface area contributed by atoms with Crippen LogP contribution >= 0.6 is 0 Å². The van der Waals surface area contributed by atoms with Crippen molar-refractivity contribution >= 4 is 12.1 Å². The minimum atomic E-state index is -0.498. The molecule has 1 saturated carbocycles. The Kier molecular flexibility index (Phi) is 4.01. The molecule has 1 amide bonds. The van der Waals surface area contributed by atoms with Crippen LogP contribution in [0.1, 0.15) is 46.5 Å². The van der Waals surface area contributed by atoms with Crippen LogP contribution in [0, 0.1) is 0 Å². The van der Waals surface area contributed by atoms with Crippen molar-refractivity contribution in [3.05, 3.63) is 0 Å². The fourth-order valence-corrected chi connectivity index (χ4v) is 1.55. The highest BCUT2D eigenvalue weighted by atomic mass is 16.6. The summed E-state index contributed by atoms with van der Waals surface area (Å²) in [6, 6.07) is 0. The maximum absolute atomic E-state index is 11.6. The van der Waals surface area contributed by atoms with Crippen LogP contribution in [-0.4, -0.2) is 30.3 Å². The van der Waals surface area contributed by atoms with Gasteiger partial charge in [0.25, 0.3) is 0 Å². The lowest BCUT2D eigenvalue weighted by Crippen LogP contribution is -2.41. The number of nitrogens with one attached hydrogen (secondary N) is 1. The number of hydrogen-bond acceptors (Lipinski definition) is 4. The lowest BCUT2D eigenvalue weighted by Gasteiger charge is -2.23. The van der Waals surface area contributed by atoms with Crippen molar-refractivity contribution < 1.29 is 19.1 Å². The summed E-state index contributed by atoms with van der Waals surface area (Å²) in [4.78, 5) is 22.6. The molecule has 0 radical (unpaired) electrons. The van der Waals surface area contributed by atoms with E-state index in [-0.39, 0.29) is 11.5 Å². The van der Waals surface area contributed by atoms with Gasteiger partial charge in [-0.05, 0) is 40.0 Å². The zero-order chi connectivity index (χ0) is 13.1. The van der Waals surface area contributed by atoms with Gasteiger partial charge in [-0.2, -0.15) is 0 Å². The average Bonchev–Trinajstić information content (AvgIpc) is 2.91. The number of carbonyl (C=O) groups excluding carboxylic acids is 2. The topological polar surface area (TPSA) is 64.6 Å². The predicted molar refractivity (Wildman–Crippen MR) is 62.6 cm³/mol. The van der Waals surface area contributed by atoms with Gasteiger partial charge in [0.1, 0.15) is 5.60 Å². The summed E-state index contributed by atoms with van der Waals surface area (Å²) in [5.74, 6) is -0.248. The monoisotopic (exact) mass is 243 g/mol. The third-order valence-electron chi connectivity index (χ3n) is 2.66. The van der Waals surface area contributed by atoms with Crippen molar-refractivity contribution in [1.82, 2.24) is 5.32 Å². The minimum absolute atomic E-state index is 0.248. The highest BCUT2D eigenvalue weighted by Crippen LogP contribution is 2.40. The van der Waals surface area contributed by atoms with E-state index in [1.165, 1.54) is 7.11 Å². The first-order valence-electron chi connectivity index (χ1n) is 5.84. The Labute approximate surface area is 102 Å².